The van der Waals surface area contributed by atoms with Crippen molar-refractivity contribution in [2.75, 3.05) is 26.2 Å². The number of amides is 1. The van der Waals surface area contributed by atoms with Crippen LogP contribution in [0.15, 0.2) is 18.2 Å². The molecule has 1 aliphatic rings. The van der Waals surface area contributed by atoms with Gasteiger partial charge in [-0.15, -0.1) is 0 Å². The van der Waals surface area contributed by atoms with Crippen LogP contribution in [0.3, 0.4) is 0 Å². The van der Waals surface area contributed by atoms with Crippen LogP contribution in [0.1, 0.15) is 18.6 Å². The van der Waals surface area contributed by atoms with E-state index in [0.717, 1.165) is 18.7 Å². The summed E-state index contributed by atoms with van der Waals surface area (Å²) in [7, 11) is 0. The SMILES string of the molecule is CC(=O)NC[C@H]1CNCCOC1c1ccc(Cl)c(Cl)c1. The second kappa shape index (κ2) is 7.27. The molecule has 6 heteroatoms. The molecule has 2 atom stereocenters. The van der Waals surface area contributed by atoms with Crippen molar-refractivity contribution in [3.05, 3.63) is 33.8 Å². The minimum atomic E-state index is -0.105. The van der Waals surface area contributed by atoms with E-state index in [0.29, 0.717) is 23.2 Å². The van der Waals surface area contributed by atoms with Crippen molar-refractivity contribution in [3.8, 4) is 0 Å². The van der Waals surface area contributed by atoms with Crippen molar-refractivity contribution in [1.29, 1.82) is 0 Å². The highest BCUT2D eigenvalue weighted by Gasteiger charge is 2.26. The maximum absolute atomic E-state index is 11.1. The van der Waals surface area contributed by atoms with Gasteiger partial charge in [0.2, 0.25) is 5.91 Å². The molecular formula is C14H18Cl2N2O2. The van der Waals surface area contributed by atoms with Gasteiger partial charge in [0.25, 0.3) is 0 Å². The van der Waals surface area contributed by atoms with Crippen LogP contribution in [-0.4, -0.2) is 32.1 Å². The number of hydrogen-bond acceptors (Lipinski definition) is 3. The summed E-state index contributed by atoms with van der Waals surface area (Å²) in [5.41, 5.74) is 0.985. The van der Waals surface area contributed by atoms with Crippen LogP contribution in [0.5, 0.6) is 0 Å². The van der Waals surface area contributed by atoms with Crippen LogP contribution in [0, 0.1) is 5.92 Å². The van der Waals surface area contributed by atoms with E-state index in [1.807, 2.05) is 12.1 Å². The Morgan fingerprint density at radius 3 is 2.95 bits per heavy atom. The molecular weight excluding hydrogens is 299 g/mol. The summed E-state index contributed by atoms with van der Waals surface area (Å²) in [4.78, 5) is 11.1. The topological polar surface area (TPSA) is 50.4 Å². The summed E-state index contributed by atoms with van der Waals surface area (Å²) in [6.45, 7) is 4.29. The molecule has 20 heavy (non-hydrogen) atoms. The second-order valence-corrected chi connectivity index (χ2v) is 5.68. The Kier molecular flexibility index (Phi) is 5.66. The fourth-order valence-corrected chi connectivity index (χ4v) is 2.61. The van der Waals surface area contributed by atoms with Crippen molar-refractivity contribution in [2.24, 2.45) is 5.92 Å². The third-order valence-electron chi connectivity index (χ3n) is 3.30. The van der Waals surface area contributed by atoms with Crippen molar-refractivity contribution in [2.45, 2.75) is 13.0 Å². The highest BCUT2D eigenvalue weighted by Crippen LogP contribution is 2.31. The number of ether oxygens (including phenoxy) is 1. The molecule has 4 nitrogen and oxygen atoms in total. The summed E-state index contributed by atoms with van der Waals surface area (Å²) in [5.74, 6) is 0.112. The predicted molar refractivity (Wildman–Crippen MR) is 80.2 cm³/mol. The maximum atomic E-state index is 11.1. The molecule has 0 saturated carbocycles. The average Bonchev–Trinajstić information content (AvgIpc) is 2.65. The largest absolute Gasteiger partial charge is 0.372 e. The molecule has 0 aromatic heterocycles. The smallest absolute Gasteiger partial charge is 0.216 e. The zero-order valence-electron chi connectivity index (χ0n) is 11.3. The fourth-order valence-electron chi connectivity index (χ4n) is 2.30. The van der Waals surface area contributed by atoms with Crippen LogP contribution in [0.25, 0.3) is 0 Å². The molecule has 2 N–H and O–H groups in total. The number of nitrogens with one attached hydrogen (secondary N) is 2. The van der Waals surface area contributed by atoms with Gasteiger partial charge >= 0.3 is 0 Å². The van der Waals surface area contributed by atoms with E-state index in [1.165, 1.54) is 6.92 Å². The normalized spacial score (nSPS) is 23.1. The molecule has 2 rings (SSSR count). The molecule has 1 heterocycles. The minimum Gasteiger partial charge on any atom is -0.372 e. The highest BCUT2D eigenvalue weighted by atomic mass is 35.5. The number of halogens is 2. The van der Waals surface area contributed by atoms with E-state index >= 15 is 0 Å². The van der Waals surface area contributed by atoms with E-state index in [9.17, 15) is 4.79 Å². The van der Waals surface area contributed by atoms with Gasteiger partial charge in [-0.05, 0) is 17.7 Å². The summed E-state index contributed by atoms with van der Waals surface area (Å²) in [5, 5.41) is 7.21. The van der Waals surface area contributed by atoms with E-state index < -0.39 is 0 Å². The zero-order valence-corrected chi connectivity index (χ0v) is 12.8. The summed E-state index contributed by atoms with van der Waals surface area (Å²) < 4.78 is 5.91. The molecule has 0 radical (unpaired) electrons. The third-order valence-corrected chi connectivity index (χ3v) is 4.04. The van der Waals surface area contributed by atoms with Gasteiger partial charge in [0.1, 0.15) is 0 Å². The lowest BCUT2D eigenvalue weighted by molar-refractivity contribution is -0.119. The first-order chi connectivity index (χ1) is 9.58. The van der Waals surface area contributed by atoms with Gasteiger partial charge < -0.3 is 15.4 Å². The molecule has 1 aliphatic heterocycles. The Hall–Kier alpha value is -0.810. The van der Waals surface area contributed by atoms with Gasteiger partial charge in [-0.25, -0.2) is 0 Å². The molecule has 1 saturated heterocycles. The van der Waals surface area contributed by atoms with Crippen molar-refractivity contribution in [3.63, 3.8) is 0 Å². The van der Waals surface area contributed by atoms with E-state index in [4.69, 9.17) is 27.9 Å². The van der Waals surface area contributed by atoms with E-state index in [-0.39, 0.29) is 17.9 Å². The molecule has 1 fully saturated rings. The van der Waals surface area contributed by atoms with Crippen molar-refractivity contribution >= 4 is 29.1 Å². The molecule has 0 spiro atoms. The highest BCUT2D eigenvalue weighted by molar-refractivity contribution is 6.42. The Bertz CT molecular complexity index is 482. The van der Waals surface area contributed by atoms with Crippen LogP contribution in [0.4, 0.5) is 0 Å². The lowest BCUT2D eigenvalue weighted by Gasteiger charge is -2.25. The average molecular weight is 317 g/mol. The zero-order chi connectivity index (χ0) is 14.5. The Labute approximate surface area is 128 Å². The quantitative estimate of drug-likeness (QED) is 0.900. The first-order valence-electron chi connectivity index (χ1n) is 6.59. The van der Waals surface area contributed by atoms with Crippen LogP contribution < -0.4 is 10.6 Å². The van der Waals surface area contributed by atoms with Gasteiger partial charge in [0, 0.05) is 32.5 Å². The van der Waals surface area contributed by atoms with Crippen LogP contribution in [-0.2, 0) is 9.53 Å². The second-order valence-electron chi connectivity index (χ2n) is 4.87. The first kappa shape index (κ1) is 15.6. The van der Waals surface area contributed by atoms with Gasteiger partial charge in [-0.2, -0.15) is 0 Å². The Morgan fingerprint density at radius 2 is 2.25 bits per heavy atom. The summed E-state index contributed by atoms with van der Waals surface area (Å²) >= 11 is 12.0. The first-order valence-corrected chi connectivity index (χ1v) is 7.35. The van der Waals surface area contributed by atoms with Crippen molar-refractivity contribution < 1.29 is 9.53 Å². The maximum Gasteiger partial charge on any atom is 0.216 e. The Balaban J connectivity index is 2.18. The lowest BCUT2D eigenvalue weighted by atomic mass is 9.95. The number of carbonyl (C=O) groups excluding carboxylic acids is 1. The third kappa shape index (κ3) is 4.09. The monoisotopic (exact) mass is 316 g/mol. The van der Waals surface area contributed by atoms with Gasteiger partial charge in [-0.3, -0.25) is 4.79 Å². The number of benzene rings is 1. The molecule has 1 aromatic rings. The minimum absolute atomic E-state index is 0.0397. The van der Waals surface area contributed by atoms with Crippen LogP contribution in [0.2, 0.25) is 10.0 Å². The lowest BCUT2D eigenvalue weighted by Crippen LogP contribution is -2.35. The predicted octanol–water partition coefficient (Wildman–Crippen LogP) is 2.41. The van der Waals surface area contributed by atoms with E-state index in [1.54, 1.807) is 6.07 Å². The molecule has 1 amide bonds. The van der Waals surface area contributed by atoms with Gasteiger partial charge in [-0.1, -0.05) is 29.3 Å². The standard InChI is InChI=1S/C14H18Cl2N2O2/c1-9(19)18-8-11-7-17-4-5-20-14(11)10-2-3-12(15)13(16)6-10/h2-3,6,11,14,17H,4-5,7-8H2,1H3,(H,18,19)/t11-,14?/m1/s1. The number of hydrogen-bond donors (Lipinski definition) is 2. The molecule has 1 aromatic carbocycles. The van der Waals surface area contributed by atoms with Crippen molar-refractivity contribution in [1.82, 2.24) is 10.6 Å². The van der Waals surface area contributed by atoms with Crippen LogP contribution >= 0.6 is 23.2 Å². The molecule has 110 valence electrons. The van der Waals surface area contributed by atoms with Gasteiger partial charge in [0.15, 0.2) is 0 Å². The van der Waals surface area contributed by atoms with Gasteiger partial charge in [0.05, 0.1) is 22.8 Å². The molecule has 0 bridgehead atoms. The number of carbonyl (C=O) groups is 1. The molecule has 1 unspecified atom stereocenters. The number of rotatable bonds is 3. The van der Waals surface area contributed by atoms with E-state index in [2.05, 4.69) is 10.6 Å². The molecule has 0 aliphatic carbocycles. The Morgan fingerprint density at radius 1 is 1.45 bits per heavy atom. The summed E-state index contributed by atoms with van der Waals surface area (Å²) in [6.07, 6.45) is -0.105. The summed E-state index contributed by atoms with van der Waals surface area (Å²) in [6, 6.07) is 5.53. The fraction of sp³-hybridized carbons (Fsp3) is 0.500.